The lowest BCUT2D eigenvalue weighted by molar-refractivity contribution is -0.142. The van der Waals surface area contributed by atoms with Crippen molar-refractivity contribution < 1.29 is 9.53 Å². The van der Waals surface area contributed by atoms with Gasteiger partial charge >= 0.3 is 5.97 Å². The number of benzene rings is 1. The van der Waals surface area contributed by atoms with Crippen LogP contribution in [0.4, 0.5) is 0 Å². The number of allylic oxidation sites excluding steroid dienone is 1. The molecule has 0 saturated heterocycles. The highest BCUT2D eigenvalue weighted by Gasteiger charge is 2.35. The SMILES string of the molecule is C=C[C@H]1C[C@@H]1c1ccc(COC(C)=O)cc1. The predicted octanol–water partition coefficient (Wildman–Crippen LogP) is 3.04. The second kappa shape index (κ2) is 4.52. The Hall–Kier alpha value is -1.57. The summed E-state index contributed by atoms with van der Waals surface area (Å²) < 4.78 is 4.93. The summed E-state index contributed by atoms with van der Waals surface area (Å²) in [7, 11) is 0. The lowest BCUT2D eigenvalue weighted by Gasteiger charge is -2.03. The highest BCUT2D eigenvalue weighted by molar-refractivity contribution is 5.65. The van der Waals surface area contributed by atoms with Gasteiger partial charge in [-0.1, -0.05) is 30.3 Å². The van der Waals surface area contributed by atoms with Gasteiger partial charge in [-0.3, -0.25) is 4.79 Å². The molecule has 0 unspecified atom stereocenters. The first-order valence-corrected chi connectivity index (χ1v) is 5.55. The van der Waals surface area contributed by atoms with Gasteiger partial charge in [0.15, 0.2) is 0 Å². The van der Waals surface area contributed by atoms with E-state index in [-0.39, 0.29) is 5.97 Å². The van der Waals surface area contributed by atoms with Crippen LogP contribution in [-0.4, -0.2) is 5.97 Å². The van der Waals surface area contributed by atoms with Gasteiger partial charge in [0.2, 0.25) is 0 Å². The van der Waals surface area contributed by atoms with E-state index in [2.05, 4.69) is 18.7 Å². The van der Waals surface area contributed by atoms with Crippen LogP contribution in [0.5, 0.6) is 0 Å². The van der Waals surface area contributed by atoms with Crippen LogP contribution in [0, 0.1) is 5.92 Å². The molecule has 1 fully saturated rings. The number of rotatable bonds is 4. The van der Waals surface area contributed by atoms with Crippen molar-refractivity contribution in [3.05, 3.63) is 48.0 Å². The van der Waals surface area contributed by atoms with Gasteiger partial charge in [-0.05, 0) is 29.4 Å². The molecule has 16 heavy (non-hydrogen) atoms. The molecular formula is C14H16O2. The smallest absolute Gasteiger partial charge is 0.302 e. The fraction of sp³-hybridized carbons (Fsp3) is 0.357. The molecule has 2 nitrogen and oxygen atoms in total. The van der Waals surface area contributed by atoms with Crippen LogP contribution >= 0.6 is 0 Å². The zero-order chi connectivity index (χ0) is 11.5. The van der Waals surface area contributed by atoms with Crippen LogP contribution in [0.1, 0.15) is 30.4 Å². The number of hydrogen-bond acceptors (Lipinski definition) is 2. The standard InChI is InChI=1S/C14H16O2/c1-3-12-8-14(12)13-6-4-11(5-7-13)9-16-10(2)15/h3-7,12,14H,1,8-9H2,2H3/t12-,14-/m0/s1. The molecule has 0 N–H and O–H groups in total. The molecule has 1 aliphatic carbocycles. The molecular weight excluding hydrogens is 200 g/mol. The largest absolute Gasteiger partial charge is 0.461 e. The highest BCUT2D eigenvalue weighted by Crippen LogP contribution is 2.47. The molecule has 1 saturated carbocycles. The third kappa shape index (κ3) is 2.51. The summed E-state index contributed by atoms with van der Waals surface area (Å²) in [4.78, 5) is 10.7. The first kappa shape index (κ1) is 10.9. The maximum absolute atomic E-state index is 10.7. The van der Waals surface area contributed by atoms with E-state index in [0.29, 0.717) is 18.4 Å². The molecule has 0 aromatic heterocycles. The van der Waals surface area contributed by atoms with Crippen LogP contribution in [0.25, 0.3) is 0 Å². The molecule has 1 aliphatic rings. The minimum absolute atomic E-state index is 0.238. The number of hydrogen-bond donors (Lipinski definition) is 0. The van der Waals surface area contributed by atoms with Gasteiger partial charge in [-0.2, -0.15) is 0 Å². The molecule has 1 aromatic carbocycles. The fourth-order valence-electron chi connectivity index (χ4n) is 1.90. The van der Waals surface area contributed by atoms with E-state index in [1.165, 1.54) is 18.9 Å². The summed E-state index contributed by atoms with van der Waals surface area (Å²) >= 11 is 0. The zero-order valence-corrected chi connectivity index (χ0v) is 9.48. The van der Waals surface area contributed by atoms with E-state index in [1.54, 1.807) is 0 Å². The maximum Gasteiger partial charge on any atom is 0.302 e. The summed E-state index contributed by atoms with van der Waals surface area (Å²) in [6.45, 7) is 5.60. The monoisotopic (exact) mass is 216 g/mol. The average molecular weight is 216 g/mol. The Morgan fingerprint density at radius 1 is 1.50 bits per heavy atom. The van der Waals surface area contributed by atoms with Crippen molar-refractivity contribution in [1.29, 1.82) is 0 Å². The van der Waals surface area contributed by atoms with Gasteiger partial charge in [0.05, 0.1) is 0 Å². The second-order valence-corrected chi connectivity index (χ2v) is 4.26. The molecule has 2 heteroatoms. The molecule has 0 aliphatic heterocycles. The first-order chi connectivity index (χ1) is 7.70. The average Bonchev–Trinajstić information content (AvgIpc) is 3.06. The number of ether oxygens (including phenoxy) is 1. The zero-order valence-electron chi connectivity index (χ0n) is 9.48. The van der Waals surface area contributed by atoms with Gasteiger partial charge in [0.25, 0.3) is 0 Å². The van der Waals surface area contributed by atoms with Crippen molar-refractivity contribution in [1.82, 2.24) is 0 Å². The van der Waals surface area contributed by atoms with Gasteiger partial charge in [-0.15, -0.1) is 6.58 Å². The molecule has 2 atom stereocenters. The van der Waals surface area contributed by atoms with E-state index in [0.717, 1.165) is 5.56 Å². The Labute approximate surface area is 95.9 Å². The van der Waals surface area contributed by atoms with Crippen molar-refractivity contribution in [2.24, 2.45) is 5.92 Å². The summed E-state index contributed by atoms with van der Waals surface area (Å²) in [5.74, 6) is 1.07. The number of esters is 1. The highest BCUT2D eigenvalue weighted by atomic mass is 16.5. The lowest BCUT2D eigenvalue weighted by atomic mass is 10.1. The predicted molar refractivity (Wildman–Crippen MR) is 63.0 cm³/mol. The Morgan fingerprint density at radius 3 is 2.69 bits per heavy atom. The topological polar surface area (TPSA) is 26.3 Å². The van der Waals surface area contributed by atoms with E-state index in [4.69, 9.17) is 4.74 Å². The fourth-order valence-corrected chi connectivity index (χ4v) is 1.90. The normalized spacial score (nSPS) is 22.6. The minimum atomic E-state index is -0.238. The molecule has 0 radical (unpaired) electrons. The van der Waals surface area contributed by atoms with Crippen molar-refractivity contribution in [3.8, 4) is 0 Å². The first-order valence-electron chi connectivity index (χ1n) is 5.55. The van der Waals surface area contributed by atoms with E-state index in [9.17, 15) is 4.79 Å². The molecule has 1 aromatic rings. The summed E-state index contributed by atoms with van der Waals surface area (Å²) in [6.07, 6.45) is 3.24. The van der Waals surface area contributed by atoms with Crippen LogP contribution in [0.2, 0.25) is 0 Å². The molecule has 0 heterocycles. The number of carbonyl (C=O) groups excluding carboxylic acids is 1. The molecule has 0 amide bonds. The van der Waals surface area contributed by atoms with Crippen molar-refractivity contribution >= 4 is 5.97 Å². The Morgan fingerprint density at radius 2 is 2.19 bits per heavy atom. The van der Waals surface area contributed by atoms with Gasteiger partial charge in [0, 0.05) is 6.92 Å². The maximum atomic E-state index is 10.7. The van der Waals surface area contributed by atoms with E-state index < -0.39 is 0 Å². The Balaban J connectivity index is 1.95. The molecule has 0 spiro atoms. The molecule has 84 valence electrons. The Bertz CT molecular complexity index is 392. The summed E-state index contributed by atoms with van der Waals surface area (Å²) in [5, 5.41) is 0. The Kier molecular flexibility index (Phi) is 3.09. The minimum Gasteiger partial charge on any atom is -0.461 e. The van der Waals surface area contributed by atoms with Crippen molar-refractivity contribution in [2.45, 2.75) is 25.9 Å². The van der Waals surface area contributed by atoms with Gasteiger partial charge in [-0.25, -0.2) is 0 Å². The van der Waals surface area contributed by atoms with Crippen LogP contribution in [0.3, 0.4) is 0 Å². The lowest BCUT2D eigenvalue weighted by Crippen LogP contribution is -1.98. The van der Waals surface area contributed by atoms with Crippen molar-refractivity contribution in [3.63, 3.8) is 0 Å². The van der Waals surface area contributed by atoms with Crippen molar-refractivity contribution in [2.75, 3.05) is 0 Å². The van der Waals surface area contributed by atoms with Crippen LogP contribution in [0.15, 0.2) is 36.9 Å². The summed E-state index contributed by atoms with van der Waals surface area (Å²) in [6, 6.07) is 8.29. The third-order valence-corrected chi connectivity index (χ3v) is 2.99. The van der Waals surface area contributed by atoms with Gasteiger partial charge in [0.1, 0.15) is 6.61 Å². The molecule has 0 bridgehead atoms. The van der Waals surface area contributed by atoms with Gasteiger partial charge < -0.3 is 4.74 Å². The second-order valence-electron chi connectivity index (χ2n) is 4.26. The third-order valence-electron chi connectivity index (χ3n) is 2.99. The molecule has 2 rings (SSSR count). The number of carbonyl (C=O) groups is 1. The quantitative estimate of drug-likeness (QED) is 0.571. The summed E-state index contributed by atoms with van der Waals surface area (Å²) in [5.41, 5.74) is 2.39. The van der Waals surface area contributed by atoms with Crippen LogP contribution < -0.4 is 0 Å². The van der Waals surface area contributed by atoms with Crippen LogP contribution in [-0.2, 0) is 16.1 Å². The van der Waals surface area contributed by atoms with E-state index >= 15 is 0 Å². The van der Waals surface area contributed by atoms with E-state index in [1.807, 2.05) is 18.2 Å².